The molecule has 17 heavy (non-hydrogen) atoms. The molecule has 1 saturated carbocycles. The Kier molecular flexibility index (Phi) is 2.94. The molecule has 1 heterocycles. The lowest BCUT2D eigenvalue weighted by Crippen LogP contribution is -2.61. The third kappa shape index (κ3) is 2.31. The van der Waals surface area contributed by atoms with Crippen molar-refractivity contribution in [3.05, 3.63) is 5.82 Å². The van der Waals surface area contributed by atoms with Crippen molar-refractivity contribution < 1.29 is 0 Å². The summed E-state index contributed by atoms with van der Waals surface area (Å²) in [6.07, 6.45) is 1.01. The van der Waals surface area contributed by atoms with Gasteiger partial charge in [-0.2, -0.15) is 4.37 Å². The highest BCUT2D eigenvalue weighted by Gasteiger charge is 2.46. The highest BCUT2D eigenvalue weighted by atomic mass is 32.1. The molecule has 1 aromatic heterocycles. The lowest BCUT2D eigenvalue weighted by molar-refractivity contribution is 0.117. The summed E-state index contributed by atoms with van der Waals surface area (Å²) in [5.41, 5.74) is 6.16. The van der Waals surface area contributed by atoms with E-state index in [1.54, 1.807) is 0 Å². The molecular formula is C12H22N4S. The number of nitrogens with zero attached hydrogens (tertiary/aromatic N) is 2. The van der Waals surface area contributed by atoms with Gasteiger partial charge in [0.1, 0.15) is 5.82 Å². The minimum absolute atomic E-state index is 0.0158. The van der Waals surface area contributed by atoms with Crippen LogP contribution in [0.25, 0.3) is 0 Å². The molecule has 0 radical (unpaired) electrons. The highest BCUT2D eigenvalue weighted by molar-refractivity contribution is 7.09. The monoisotopic (exact) mass is 254 g/mol. The van der Waals surface area contributed by atoms with Gasteiger partial charge in [0.2, 0.25) is 5.13 Å². The van der Waals surface area contributed by atoms with Crippen molar-refractivity contribution in [2.24, 2.45) is 11.1 Å². The molecule has 0 bridgehead atoms. The van der Waals surface area contributed by atoms with Crippen LogP contribution in [0.2, 0.25) is 0 Å². The van der Waals surface area contributed by atoms with Crippen LogP contribution in [-0.4, -0.2) is 21.4 Å². The number of rotatable bonds is 2. The first-order valence-corrected chi connectivity index (χ1v) is 6.85. The Balaban J connectivity index is 2.04. The molecule has 2 atom stereocenters. The van der Waals surface area contributed by atoms with E-state index in [1.807, 2.05) is 0 Å². The van der Waals surface area contributed by atoms with Gasteiger partial charge >= 0.3 is 0 Å². The van der Waals surface area contributed by atoms with Gasteiger partial charge in [0, 0.05) is 34.4 Å². The van der Waals surface area contributed by atoms with E-state index in [1.165, 1.54) is 11.5 Å². The Morgan fingerprint density at radius 1 is 1.41 bits per heavy atom. The van der Waals surface area contributed by atoms with Crippen LogP contribution in [0.3, 0.4) is 0 Å². The molecule has 1 aromatic rings. The van der Waals surface area contributed by atoms with Crippen molar-refractivity contribution in [2.75, 3.05) is 5.32 Å². The van der Waals surface area contributed by atoms with E-state index in [4.69, 9.17) is 5.73 Å². The molecule has 5 heteroatoms. The standard InChI is InChI=1S/C12H22N4S/c1-11(2,3)9-15-10(17-16-9)14-8-6-7(13)12(8,4)5/h7-8H,6,13H2,1-5H3,(H,14,15,16). The maximum Gasteiger partial charge on any atom is 0.202 e. The van der Waals surface area contributed by atoms with Gasteiger partial charge in [0.05, 0.1) is 0 Å². The van der Waals surface area contributed by atoms with Crippen molar-refractivity contribution in [1.29, 1.82) is 0 Å². The zero-order valence-electron chi connectivity index (χ0n) is 11.2. The molecule has 0 aliphatic heterocycles. The second-order valence-electron chi connectivity index (χ2n) is 6.53. The van der Waals surface area contributed by atoms with Crippen LogP contribution in [0.1, 0.15) is 46.9 Å². The van der Waals surface area contributed by atoms with Gasteiger partial charge in [-0.05, 0) is 6.42 Å². The SMILES string of the molecule is CC(C)(C)c1nsc(NC2CC(N)C2(C)C)n1. The van der Waals surface area contributed by atoms with E-state index >= 15 is 0 Å². The van der Waals surface area contributed by atoms with E-state index < -0.39 is 0 Å². The third-order valence-electron chi connectivity index (χ3n) is 3.74. The Hall–Kier alpha value is -0.680. The first-order valence-electron chi connectivity index (χ1n) is 6.07. The zero-order valence-corrected chi connectivity index (χ0v) is 12.1. The molecule has 1 aliphatic carbocycles. The third-order valence-corrected chi connectivity index (χ3v) is 4.38. The first-order chi connectivity index (χ1) is 7.71. The lowest BCUT2D eigenvalue weighted by Gasteiger charge is -2.50. The van der Waals surface area contributed by atoms with E-state index in [-0.39, 0.29) is 16.9 Å². The van der Waals surface area contributed by atoms with Crippen molar-refractivity contribution in [1.82, 2.24) is 9.36 Å². The fourth-order valence-corrected chi connectivity index (χ4v) is 2.75. The minimum atomic E-state index is 0.0158. The molecule has 3 N–H and O–H groups in total. The van der Waals surface area contributed by atoms with Crippen LogP contribution in [-0.2, 0) is 5.41 Å². The summed E-state index contributed by atoms with van der Waals surface area (Å²) in [6.45, 7) is 10.8. The molecule has 96 valence electrons. The molecule has 2 rings (SSSR count). The van der Waals surface area contributed by atoms with Crippen LogP contribution in [0.4, 0.5) is 5.13 Å². The Bertz CT molecular complexity index is 405. The fraction of sp³-hybridized carbons (Fsp3) is 0.833. The highest BCUT2D eigenvalue weighted by Crippen LogP contribution is 2.41. The molecule has 2 unspecified atom stereocenters. The topological polar surface area (TPSA) is 63.8 Å². The quantitative estimate of drug-likeness (QED) is 0.850. The fourth-order valence-electron chi connectivity index (χ4n) is 1.94. The predicted molar refractivity (Wildman–Crippen MR) is 72.4 cm³/mol. The second-order valence-corrected chi connectivity index (χ2v) is 7.29. The van der Waals surface area contributed by atoms with E-state index in [2.05, 4.69) is 49.3 Å². The molecule has 0 spiro atoms. The van der Waals surface area contributed by atoms with Crippen LogP contribution >= 0.6 is 11.5 Å². The van der Waals surface area contributed by atoms with Crippen LogP contribution in [0.5, 0.6) is 0 Å². The van der Waals surface area contributed by atoms with Gasteiger partial charge in [-0.3, -0.25) is 0 Å². The molecule has 0 saturated heterocycles. The summed E-state index contributed by atoms with van der Waals surface area (Å²) in [6, 6.07) is 0.702. The molecule has 4 nitrogen and oxygen atoms in total. The first kappa shape index (κ1) is 12.8. The number of nitrogens with one attached hydrogen (secondary N) is 1. The van der Waals surface area contributed by atoms with Crippen LogP contribution in [0.15, 0.2) is 0 Å². The van der Waals surface area contributed by atoms with E-state index in [0.29, 0.717) is 6.04 Å². The van der Waals surface area contributed by atoms with Gasteiger partial charge in [0.15, 0.2) is 0 Å². The van der Waals surface area contributed by atoms with Crippen molar-refractivity contribution >= 4 is 16.7 Å². The van der Waals surface area contributed by atoms with Gasteiger partial charge in [-0.15, -0.1) is 0 Å². The van der Waals surface area contributed by atoms with Crippen LogP contribution < -0.4 is 11.1 Å². The second kappa shape index (κ2) is 3.92. The number of anilines is 1. The lowest BCUT2D eigenvalue weighted by atomic mass is 9.63. The largest absolute Gasteiger partial charge is 0.357 e. The molecular weight excluding hydrogens is 232 g/mol. The molecule has 0 amide bonds. The van der Waals surface area contributed by atoms with Gasteiger partial charge in [-0.1, -0.05) is 34.6 Å². The smallest absolute Gasteiger partial charge is 0.202 e. The minimum Gasteiger partial charge on any atom is -0.357 e. The summed E-state index contributed by atoms with van der Waals surface area (Å²) in [4.78, 5) is 4.55. The number of nitrogens with two attached hydrogens (primary N) is 1. The maximum atomic E-state index is 6.00. The average molecular weight is 254 g/mol. The van der Waals surface area contributed by atoms with Crippen LogP contribution in [0, 0.1) is 5.41 Å². The van der Waals surface area contributed by atoms with Crippen molar-refractivity contribution in [3.63, 3.8) is 0 Å². The predicted octanol–water partition coefficient (Wildman–Crippen LogP) is 2.37. The molecule has 1 fully saturated rings. The van der Waals surface area contributed by atoms with Gasteiger partial charge < -0.3 is 11.1 Å². The summed E-state index contributed by atoms with van der Waals surface area (Å²) >= 11 is 1.44. The van der Waals surface area contributed by atoms with Crippen molar-refractivity contribution in [3.8, 4) is 0 Å². The maximum absolute atomic E-state index is 6.00. The molecule has 0 aromatic carbocycles. The summed E-state index contributed by atoms with van der Waals surface area (Å²) in [7, 11) is 0. The van der Waals surface area contributed by atoms with Gasteiger partial charge in [0.25, 0.3) is 0 Å². The molecule has 1 aliphatic rings. The number of hydrogen-bond donors (Lipinski definition) is 2. The van der Waals surface area contributed by atoms with Crippen molar-refractivity contribution in [2.45, 2.75) is 58.5 Å². The average Bonchev–Trinajstić information content (AvgIpc) is 2.65. The summed E-state index contributed by atoms with van der Waals surface area (Å²) in [5, 5.41) is 4.37. The number of aromatic nitrogens is 2. The Labute approximate surface area is 107 Å². The normalized spacial score (nSPS) is 27.6. The summed E-state index contributed by atoms with van der Waals surface area (Å²) < 4.78 is 4.40. The Morgan fingerprint density at radius 3 is 2.47 bits per heavy atom. The zero-order chi connectivity index (χ0) is 12.8. The van der Waals surface area contributed by atoms with E-state index in [0.717, 1.165) is 17.4 Å². The van der Waals surface area contributed by atoms with E-state index in [9.17, 15) is 0 Å². The van der Waals surface area contributed by atoms with Gasteiger partial charge in [-0.25, -0.2) is 4.98 Å². The summed E-state index contributed by atoms with van der Waals surface area (Å²) in [5.74, 6) is 0.909. The Morgan fingerprint density at radius 2 is 2.06 bits per heavy atom. The number of hydrogen-bond acceptors (Lipinski definition) is 5.